The molecule has 1 aromatic heterocycles. The normalized spacial score (nSPS) is 11.6. The van der Waals surface area contributed by atoms with E-state index in [4.69, 9.17) is 4.42 Å². The van der Waals surface area contributed by atoms with Crippen LogP contribution < -0.4 is 5.32 Å². The summed E-state index contributed by atoms with van der Waals surface area (Å²) in [7, 11) is 0. The molecule has 1 aromatic carbocycles. The lowest BCUT2D eigenvalue weighted by Gasteiger charge is -2.09. The highest BCUT2D eigenvalue weighted by Crippen LogP contribution is 2.30. The summed E-state index contributed by atoms with van der Waals surface area (Å²) in [6, 6.07) is 8.68. The van der Waals surface area contributed by atoms with Crippen molar-refractivity contribution < 1.29 is 17.6 Å². The number of aryl methyl sites for hydroxylation is 1. The molecule has 2 rings (SSSR count). The van der Waals surface area contributed by atoms with Crippen LogP contribution in [0, 0.1) is 6.92 Å². The van der Waals surface area contributed by atoms with Crippen molar-refractivity contribution in [1.82, 2.24) is 0 Å². The van der Waals surface area contributed by atoms with E-state index in [-0.39, 0.29) is 0 Å². The van der Waals surface area contributed by atoms with Crippen molar-refractivity contribution in [2.24, 2.45) is 0 Å². The van der Waals surface area contributed by atoms with Crippen molar-refractivity contribution in [2.75, 3.05) is 5.32 Å². The van der Waals surface area contributed by atoms with Gasteiger partial charge in [-0.05, 0) is 37.3 Å². The first-order chi connectivity index (χ1) is 8.45. The molecule has 1 N–H and O–H groups in total. The molecule has 0 spiro atoms. The topological polar surface area (TPSA) is 25.2 Å². The fourth-order valence-corrected chi connectivity index (χ4v) is 1.57. The zero-order valence-corrected chi connectivity index (χ0v) is 9.71. The lowest BCUT2D eigenvalue weighted by Crippen LogP contribution is -2.06. The fraction of sp³-hybridized carbons (Fsp3) is 0.231. The third-order valence-electron chi connectivity index (χ3n) is 2.45. The van der Waals surface area contributed by atoms with Crippen LogP contribution in [0.5, 0.6) is 0 Å². The largest absolute Gasteiger partial charge is 0.465 e. The van der Waals surface area contributed by atoms with E-state index in [0.29, 0.717) is 18.0 Å². The number of nitrogens with one attached hydrogen (secondary N) is 1. The number of hydrogen-bond acceptors (Lipinski definition) is 2. The molecule has 0 amide bonds. The Morgan fingerprint density at radius 3 is 2.56 bits per heavy atom. The number of alkyl halides is 3. The molecule has 0 saturated heterocycles. The molecule has 0 bridgehead atoms. The maximum atomic E-state index is 12.5. The molecule has 0 aliphatic heterocycles. The molecule has 0 fully saturated rings. The summed E-state index contributed by atoms with van der Waals surface area (Å²) in [4.78, 5) is 0. The van der Waals surface area contributed by atoms with Crippen LogP contribution in [0.15, 0.2) is 40.8 Å². The zero-order valence-electron chi connectivity index (χ0n) is 9.71. The SMILES string of the molecule is Cc1ccc(CNc2cccc(C(F)(F)F)c2)o1. The van der Waals surface area contributed by atoms with E-state index in [2.05, 4.69) is 5.32 Å². The van der Waals surface area contributed by atoms with Crippen molar-refractivity contribution in [2.45, 2.75) is 19.6 Å². The predicted molar refractivity (Wildman–Crippen MR) is 62.2 cm³/mol. The first-order valence-corrected chi connectivity index (χ1v) is 5.41. The average Bonchev–Trinajstić information content (AvgIpc) is 2.72. The lowest BCUT2D eigenvalue weighted by atomic mass is 10.2. The Kier molecular flexibility index (Phi) is 3.32. The van der Waals surface area contributed by atoms with Gasteiger partial charge in [-0.25, -0.2) is 0 Å². The van der Waals surface area contributed by atoms with Crippen molar-refractivity contribution in [1.29, 1.82) is 0 Å². The van der Waals surface area contributed by atoms with Gasteiger partial charge in [-0.3, -0.25) is 0 Å². The van der Waals surface area contributed by atoms with Gasteiger partial charge in [-0.15, -0.1) is 0 Å². The van der Waals surface area contributed by atoms with E-state index in [9.17, 15) is 13.2 Å². The highest BCUT2D eigenvalue weighted by atomic mass is 19.4. The molecule has 0 atom stereocenters. The van der Waals surface area contributed by atoms with Gasteiger partial charge >= 0.3 is 6.18 Å². The van der Waals surface area contributed by atoms with Crippen molar-refractivity contribution in [3.8, 4) is 0 Å². The van der Waals surface area contributed by atoms with Gasteiger partial charge in [-0.1, -0.05) is 6.07 Å². The second-order valence-corrected chi connectivity index (χ2v) is 3.94. The van der Waals surface area contributed by atoms with Crippen LogP contribution in [0.25, 0.3) is 0 Å². The summed E-state index contributed by atoms with van der Waals surface area (Å²) in [6.07, 6.45) is -4.32. The van der Waals surface area contributed by atoms with Gasteiger partial charge < -0.3 is 9.73 Å². The maximum Gasteiger partial charge on any atom is 0.416 e. The number of benzene rings is 1. The molecule has 0 aliphatic rings. The minimum Gasteiger partial charge on any atom is -0.465 e. The van der Waals surface area contributed by atoms with Crippen LogP contribution >= 0.6 is 0 Å². The first kappa shape index (κ1) is 12.5. The third kappa shape index (κ3) is 3.06. The number of halogens is 3. The smallest absolute Gasteiger partial charge is 0.416 e. The second kappa shape index (κ2) is 4.76. The Bertz CT molecular complexity index is 531. The van der Waals surface area contributed by atoms with E-state index in [1.807, 2.05) is 13.0 Å². The Morgan fingerprint density at radius 2 is 1.94 bits per heavy atom. The molecule has 1 heterocycles. The van der Waals surface area contributed by atoms with Gasteiger partial charge in [-0.2, -0.15) is 13.2 Å². The van der Waals surface area contributed by atoms with E-state index in [1.165, 1.54) is 6.07 Å². The lowest BCUT2D eigenvalue weighted by molar-refractivity contribution is -0.137. The first-order valence-electron chi connectivity index (χ1n) is 5.41. The van der Waals surface area contributed by atoms with Gasteiger partial charge in [0.1, 0.15) is 11.5 Å². The maximum absolute atomic E-state index is 12.5. The highest BCUT2D eigenvalue weighted by molar-refractivity contribution is 5.46. The minimum absolute atomic E-state index is 0.356. The van der Waals surface area contributed by atoms with Gasteiger partial charge in [0.2, 0.25) is 0 Å². The van der Waals surface area contributed by atoms with Crippen molar-refractivity contribution in [3.05, 3.63) is 53.5 Å². The van der Waals surface area contributed by atoms with Gasteiger partial charge in [0, 0.05) is 5.69 Å². The standard InChI is InChI=1S/C13H12F3NO/c1-9-5-6-12(18-9)8-17-11-4-2-3-10(7-11)13(14,15)16/h2-7,17H,8H2,1H3. The zero-order chi connectivity index (χ0) is 13.2. The van der Waals surface area contributed by atoms with E-state index < -0.39 is 11.7 Å². The molecule has 0 radical (unpaired) electrons. The quantitative estimate of drug-likeness (QED) is 0.888. The van der Waals surface area contributed by atoms with Gasteiger partial charge in [0.25, 0.3) is 0 Å². The number of hydrogen-bond donors (Lipinski definition) is 1. The molecule has 2 aromatic rings. The predicted octanol–water partition coefficient (Wildman–Crippen LogP) is 4.22. The van der Waals surface area contributed by atoms with Crippen LogP contribution in [0.3, 0.4) is 0 Å². The second-order valence-electron chi connectivity index (χ2n) is 3.94. The fourth-order valence-electron chi connectivity index (χ4n) is 1.57. The molecule has 96 valence electrons. The van der Waals surface area contributed by atoms with Crippen LogP contribution in [0.4, 0.5) is 18.9 Å². The van der Waals surface area contributed by atoms with Gasteiger partial charge in [0.15, 0.2) is 0 Å². The number of furan rings is 1. The molecule has 5 heteroatoms. The molecule has 18 heavy (non-hydrogen) atoms. The van der Waals surface area contributed by atoms with Crippen molar-refractivity contribution in [3.63, 3.8) is 0 Å². The van der Waals surface area contributed by atoms with E-state index in [0.717, 1.165) is 17.9 Å². The minimum atomic E-state index is -4.32. The molecule has 2 nitrogen and oxygen atoms in total. The molecule has 0 aliphatic carbocycles. The van der Waals surface area contributed by atoms with Gasteiger partial charge in [0.05, 0.1) is 12.1 Å². The Labute approximate surface area is 102 Å². The van der Waals surface area contributed by atoms with Crippen LogP contribution in [0.1, 0.15) is 17.1 Å². The molecule has 0 unspecified atom stereocenters. The Balaban J connectivity index is 2.06. The van der Waals surface area contributed by atoms with E-state index in [1.54, 1.807) is 12.1 Å². The summed E-state index contributed by atoms with van der Waals surface area (Å²) < 4.78 is 42.8. The van der Waals surface area contributed by atoms with Crippen LogP contribution in [-0.2, 0) is 12.7 Å². The number of rotatable bonds is 3. The molecule has 0 saturated carbocycles. The Hall–Kier alpha value is -1.91. The highest BCUT2D eigenvalue weighted by Gasteiger charge is 2.30. The molecular weight excluding hydrogens is 243 g/mol. The Morgan fingerprint density at radius 1 is 1.17 bits per heavy atom. The van der Waals surface area contributed by atoms with Crippen molar-refractivity contribution >= 4 is 5.69 Å². The summed E-state index contributed by atoms with van der Waals surface area (Å²) in [6.45, 7) is 2.17. The summed E-state index contributed by atoms with van der Waals surface area (Å²) in [5.74, 6) is 1.46. The van der Waals surface area contributed by atoms with Crippen LogP contribution in [0.2, 0.25) is 0 Å². The average molecular weight is 255 g/mol. The van der Waals surface area contributed by atoms with Crippen LogP contribution in [-0.4, -0.2) is 0 Å². The third-order valence-corrected chi connectivity index (χ3v) is 2.45. The summed E-state index contributed by atoms with van der Waals surface area (Å²) in [5, 5.41) is 2.89. The number of anilines is 1. The summed E-state index contributed by atoms with van der Waals surface area (Å²) >= 11 is 0. The van der Waals surface area contributed by atoms with E-state index >= 15 is 0 Å². The monoisotopic (exact) mass is 255 g/mol. The summed E-state index contributed by atoms with van der Waals surface area (Å²) in [5.41, 5.74) is -0.248. The molecular formula is C13H12F3NO.